The van der Waals surface area contributed by atoms with E-state index in [0.717, 1.165) is 5.56 Å². The van der Waals surface area contributed by atoms with Gasteiger partial charge in [-0.25, -0.2) is 4.98 Å². The number of nitrogens with zero attached hydrogens (tertiary/aromatic N) is 5. The molecule has 1 amide bonds. The lowest BCUT2D eigenvalue weighted by molar-refractivity contribution is 0.102. The lowest BCUT2D eigenvalue weighted by Crippen LogP contribution is -2.32. The first-order valence-electron chi connectivity index (χ1n) is 10.2. The van der Waals surface area contributed by atoms with Crippen LogP contribution in [0.15, 0.2) is 29.2 Å². The zero-order valence-electron chi connectivity index (χ0n) is 18.0. The molecule has 0 saturated heterocycles. The first kappa shape index (κ1) is 21.8. The van der Waals surface area contributed by atoms with Gasteiger partial charge in [0.1, 0.15) is 21.8 Å². The Bertz CT molecular complexity index is 1440. The van der Waals surface area contributed by atoms with E-state index in [1.54, 1.807) is 23.8 Å². The maximum atomic E-state index is 13.3. The number of hydrogen-bond donors (Lipinski definition) is 2. The molecule has 2 N–H and O–H groups in total. The van der Waals surface area contributed by atoms with Crippen molar-refractivity contribution in [2.75, 3.05) is 18.5 Å². The zero-order chi connectivity index (χ0) is 22.8. The minimum atomic E-state index is -0.527. The van der Waals surface area contributed by atoms with E-state index in [-0.39, 0.29) is 22.0 Å². The molecule has 0 atom stereocenters. The summed E-state index contributed by atoms with van der Waals surface area (Å²) in [7, 11) is 0. The number of amides is 1. The van der Waals surface area contributed by atoms with Gasteiger partial charge in [0.25, 0.3) is 11.5 Å². The SMILES string of the molecule is CCOCCCn1c(=N)c(C(=O)Nc2nnc(C)s2)cc2c(=O)n3cccc(C)c3nc21. The van der Waals surface area contributed by atoms with Crippen LogP contribution in [0.5, 0.6) is 0 Å². The van der Waals surface area contributed by atoms with Crippen LogP contribution in [0.2, 0.25) is 0 Å². The van der Waals surface area contributed by atoms with Gasteiger partial charge in [-0.05, 0) is 44.9 Å². The molecule has 0 aliphatic rings. The number of aryl methyl sites for hydroxylation is 3. The van der Waals surface area contributed by atoms with Crippen molar-refractivity contribution >= 4 is 39.1 Å². The second kappa shape index (κ2) is 8.97. The Morgan fingerprint density at radius 2 is 2.09 bits per heavy atom. The van der Waals surface area contributed by atoms with Crippen molar-refractivity contribution in [1.82, 2.24) is 24.1 Å². The molecule has 4 aromatic heterocycles. The van der Waals surface area contributed by atoms with Crippen LogP contribution in [0.3, 0.4) is 0 Å². The van der Waals surface area contributed by atoms with Gasteiger partial charge >= 0.3 is 0 Å². The highest BCUT2D eigenvalue weighted by molar-refractivity contribution is 7.15. The molecule has 4 rings (SSSR count). The fourth-order valence-electron chi connectivity index (χ4n) is 3.47. The summed E-state index contributed by atoms with van der Waals surface area (Å²) in [6.45, 7) is 7.04. The fraction of sp³-hybridized carbons (Fsp3) is 0.333. The molecule has 10 nitrogen and oxygen atoms in total. The van der Waals surface area contributed by atoms with Gasteiger partial charge in [-0.2, -0.15) is 0 Å². The molecule has 0 saturated carbocycles. The highest BCUT2D eigenvalue weighted by Crippen LogP contribution is 2.16. The van der Waals surface area contributed by atoms with E-state index in [1.165, 1.54) is 21.8 Å². The third kappa shape index (κ3) is 4.04. The van der Waals surface area contributed by atoms with Crippen molar-refractivity contribution < 1.29 is 9.53 Å². The topological polar surface area (TPSA) is 127 Å². The van der Waals surface area contributed by atoms with Crippen LogP contribution < -0.4 is 16.4 Å². The van der Waals surface area contributed by atoms with Crippen LogP contribution in [0.25, 0.3) is 16.7 Å². The van der Waals surface area contributed by atoms with E-state index in [1.807, 2.05) is 19.9 Å². The minimum absolute atomic E-state index is 0.0300. The van der Waals surface area contributed by atoms with Gasteiger partial charge in [-0.3, -0.25) is 24.7 Å². The Hall–Kier alpha value is -3.44. The Morgan fingerprint density at radius 3 is 2.81 bits per heavy atom. The summed E-state index contributed by atoms with van der Waals surface area (Å²) < 4.78 is 8.48. The quantitative estimate of drug-likeness (QED) is 0.326. The average Bonchev–Trinajstić information content (AvgIpc) is 3.17. The number of fused-ring (bicyclic) bond motifs is 2. The Morgan fingerprint density at radius 1 is 1.28 bits per heavy atom. The van der Waals surface area contributed by atoms with Crippen LogP contribution in [0, 0.1) is 19.3 Å². The summed E-state index contributed by atoms with van der Waals surface area (Å²) in [4.78, 5) is 31.0. The molecule has 166 valence electrons. The molecular weight excluding hydrogens is 430 g/mol. The first-order chi connectivity index (χ1) is 15.4. The Balaban J connectivity index is 1.90. The van der Waals surface area contributed by atoms with Crippen LogP contribution in [0.4, 0.5) is 5.13 Å². The van der Waals surface area contributed by atoms with Gasteiger partial charge in [0.05, 0.1) is 10.9 Å². The predicted molar refractivity (Wildman–Crippen MR) is 121 cm³/mol. The van der Waals surface area contributed by atoms with E-state index in [2.05, 4.69) is 15.5 Å². The lowest BCUT2D eigenvalue weighted by Gasteiger charge is -2.15. The third-order valence-corrected chi connectivity index (χ3v) is 5.75. The number of aromatic nitrogens is 5. The number of nitrogens with one attached hydrogen (secondary N) is 2. The maximum Gasteiger partial charge on any atom is 0.267 e. The number of pyridine rings is 2. The molecular formula is C21H23N7O3S. The van der Waals surface area contributed by atoms with E-state index in [9.17, 15) is 9.59 Å². The molecule has 0 unspecified atom stereocenters. The molecule has 0 spiro atoms. The van der Waals surface area contributed by atoms with Crippen LogP contribution in [0.1, 0.15) is 34.3 Å². The molecule has 4 heterocycles. The van der Waals surface area contributed by atoms with Crippen molar-refractivity contribution in [2.45, 2.75) is 33.7 Å². The van der Waals surface area contributed by atoms with Crippen molar-refractivity contribution in [1.29, 1.82) is 5.41 Å². The minimum Gasteiger partial charge on any atom is -0.382 e. The summed E-state index contributed by atoms with van der Waals surface area (Å²) in [6.07, 6.45) is 2.25. The van der Waals surface area contributed by atoms with Gasteiger partial charge in [-0.1, -0.05) is 17.4 Å². The number of carbonyl (C=O) groups is 1. The van der Waals surface area contributed by atoms with E-state index in [4.69, 9.17) is 15.1 Å². The number of anilines is 1. The Kier molecular flexibility index (Phi) is 6.10. The Labute approximate surface area is 187 Å². The van der Waals surface area contributed by atoms with Crippen LogP contribution in [-0.2, 0) is 11.3 Å². The van der Waals surface area contributed by atoms with Crippen LogP contribution in [-0.4, -0.2) is 43.3 Å². The number of ether oxygens (including phenoxy) is 1. The molecule has 4 aromatic rings. The smallest absolute Gasteiger partial charge is 0.267 e. The zero-order valence-corrected chi connectivity index (χ0v) is 18.8. The van der Waals surface area contributed by atoms with Gasteiger partial charge < -0.3 is 9.30 Å². The highest BCUT2D eigenvalue weighted by atomic mass is 32.1. The normalized spacial score (nSPS) is 11.3. The highest BCUT2D eigenvalue weighted by Gasteiger charge is 2.19. The summed E-state index contributed by atoms with van der Waals surface area (Å²) >= 11 is 1.23. The van der Waals surface area contributed by atoms with Gasteiger partial charge in [-0.15, -0.1) is 10.2 Å². The molecule has 32 heavy (non-hydrogen) atoms. The average molecular weight is 454 g/mol. The van der Waals surface area contributed by atoms with E-state index < -0.39 is 5.91 Å². The maximum absolute atomic E-state index is 13.3. The molecule has 0 bridgehead atoms. The second-order valence-corrected chi connectivity index (χ2v) is 8.41. The van der Waals surface area contributed by atoms with E-state index >= 15 is 0 Å². The monoisotopic (exact) mass is 453 g/mol. The molecule has 0 aliphatic heterocycles. The predicted octanol–water partition coefficient (Wildman–Crippen LogP) is 2.28. The summed E-state index contributed by atoms with van der Waals surface area (Å²) in [5.41, 5.74) is 1.46. The van der Waals surface area contributed by atoms with Gasteiger partial charge in [0.15, 0.2) is 0 Å². The van der Waals surface area contributed by atoms with Gasteiger partial charge in [0.2, 0.25) is 5.13 Å². The first-order valence-corrected chi connectivity index (χ1v) is 11.0. The third-order valence-electron chi connectivity index (χ3n) is 5.00. The van der Waals surface area contributed by atoms with Crippen molar-refractivity contribution in [3.63, 3.8) is 0 Å². The van der Waals surface area contributed by atoms with Crippen molar-refractivity contribution in [3.05, 3.63) is 56.4 Å². The number of rotatable bonds is 7. The molecule has 0 aromatic carbocycles. The summed E-state index contributed by atoms with van der Waals surface area (Å²) in [6, 6.07) is 5.09. The summed E-state index contributed by atoms with van der Waals surface area (Å²) in [5, 5.41) is 20.5. The molecule has 0 fully saturated rings. The van der Waals surface area contributed by atoms with Gasteiger partial charge in [0, 0.05) is 26.0 Å². The van der Waals surface area contributed by atoms with Crippen LogP contribution >= 0.6 is 11.3 Å². The van der Waals surface area contributed by atoms with Crippen molar-refractivity contribution in [3.8, 4) is 0 Å². The number of carbonyl (C=O) groups excluding carboxylic acids is 1. The largest absolute Gasteiger partial charge is 0.382 e. The second-order valence-electron chi connectivity index (χ2n) is 7.23. The van der Waals surface area contributed by atoms with E-state index in [0.29, 0.717) is 47.6 Å². The van der Waals surface area contributed by atoms with Crippen molar-refractivity contribution in [2.24, 2.45) is 0 Å². The summed E-state index contributed by atoms with van der Waals surface area (Å²) in [5.74, 6) is -0.527. The molecule has 11 heteroatoms. The lowest BCUT2D eigenvalue weighted by atomic mass is 10.2. The molecule has 0 radical (unpaired) electrons. The fourth-order valence-corrected chi connectivity index (χ4v) is 4.05. The molecule has 0 aliphatic carbocycles. The number of hydrogen-bond acceptors (Lipinski definition) is 8. The standard InChI is InChI=1S/C21H23N7O3S/c1-4-31-10-6-9-27-16(22)14(19(29)24-21-26-25-13(3)32-21)11-15-18(27)23-17-12(2)7-5-8-28(17)20(15)30/h5,7-8,11,22H,4,6,9-10H2,1-3H3,(H,24,26,29).